The topological polar surface area (TPSA) is 85.1 Å². The number of ketones is 1. The Hall–Kier alpha value is -3.00. The van der Waals surface area contributed by atoms with Gasteiger partial charge in [0.05, 0.1) is 11.3 Å². The lowest BCUT2D eigenvalue weighted by Crippen LogP contribution is -2.14. The zero-order chi connectivity index (χ0) is 18.5. The molecule has 1 N–H and O–H groups in total. The Kier molecular flexibility index (Phi) is 5.43. The number of halogens is 1. The summed E-state index contributed by atoms with van der Waals surface area (Å²) in [4.78, 5) is 23.2. The fourth-order valence-electron chi connectivity index (χ4n) is 2.12. The Morgan fingerprint density at radius 2 is 1.85 bits per heavy atom. The van der Waals surface area contributed by atoms with Crippen molar-refractivity contribution < 1.29 is 18.4 Å². The molecule has 0 aliphatic heterocycles. The molecule has 0 unspecified atom stereocenters. The number of carbonyl (C=O) groups excluding carboxylic acids is 2. The molecule has 132 valence electrons. The van der Waals surface area contributed by atoms with Gasteiger partial charge in [-0.25, -0.2) is 4.39 Å². The number of nitrogens with one attached hydrogen (secondary N) is 1. The largest absolute Gasteiger partial charge is 0.411 e. The molecule has 3 aromatic rings. The van der Waals surface area contributed by atoms with Crippen molar-refractivity contribution in [1.82, 2.24) is 10.2 Å². The fourth-order valence-corrected chi connectivity index (χ4v) is 2.69. The SMILES string of the molecule is CC(=O)c1ccc(NC(=O)CSc2nnc(-c3ccccc3F)o2)cc1. The average molecular weight is 371 g/mol. The summed E-state index contributed by atoms with van der Waals surface area (Å²) in [6.07, 6.45) is 0. The summed E-state index contributed by atoms with van der Waals surface area (Å²) in [7, 11) is 0. The van der Waals surface area contributed by atoms with Crippen molar-refractivity contribution in [3.05, 3.63) is 59.9 Å². The third kappa shape index (κ3) is 4.34. The molecule has 1 amide bonds. The minimum Gasteiger partial charge on any atom is -0.411 e. The summed E-state index contributed by atoms with van der Waals surface area (Å²) < 4.78 is 19.1. The number of nitrogens with zero attached hydrogens (tertiary/aromatic N) is 2. The van der Waals surface area contributed by atoms with Gasteiger partial charge in [0.2, 0.25) is 5.91 Å². The molecule has 1 aromatic heterocycles. The third-order valence-corrected chi connectivity index (χ3v) is 4.23. The molecule has 0 saturated heterocycles. The van der Waals surface area contributed by atoms with E-state index in [2.05, 4.69) is 15.5 Å². The molecule has 2 aromatic carbocycles. The molecule has 8 heteroatoms. The van der Waals surface area contributed by atoms with Crippen molar-refractivity contribution in [2.45, 2.75) is 12.1 Å². The molecule has 26 heavy (non-hydrogen) atoms. The number of Topliss-reactive ketones (excluding diaryl/α,β-unsaturated/α-hetero) is 1. The van der Waals surface area contributed by atoms with E-state index in [0.717, 1.165) is 11.8 Å². The second-order valence-corrected chi connectivity index (χ2v) is 6.25. The molecule has 1 heterocycles. The third-order valence-electron chi connectivity index (χ3n) is 3.41. The lowest BCUT2D eigenvalue weighted by molar-refractivity contribution is -0.113. The molecule has 6 nitrogen and oxygen atoms in total. The highest BCUT2D eigenvalue weighted by molar-refractivity contribution is 7.99. The zero-order valence-corrected chi connectivity index (χ0v) is 14.5. The predicted octanol–water partition coefficient (Wildman–Crippen LogP) is 3.81. The first-order valence-electron chi connectivity index (χ1n) is 7.65. The minimum absolute atomic E-state index is 0.0412. The van der Waals surface area contributed by atoms with E-state index in [1.165, 1.54) is 19.1 Å². The lowest BCUT2D eigenvalue weighted by atomic mass is 10.1. The van der Waals surface area contributed by atoms with Gasteiger partial charge >= 0.3 is 0 Å². The Morgan fingerprint density at radius 3 is 2.54 bits per heavy atom. The van der Waals surface area contributed by atoms with Crippen LogP contribution in [0.2, 0.25) is 0 Å². The first-order chi connectivity index (χ1) is 12.5. The van der Waals surface area contributed by atoms with E-state index in [9.17, 15) is 14.0 Å². The Labute approximate surface area is 152 Å². The van der Waals surface area contributed by atoms with E-state index in [1.807, 2.05) is 0 Å². The van der Waals surface area contributed by atoms with Gasteiger partial charge in [-0.05, 0) is 43.3 Å². The number of hydrogen-bond donors (Lipinski definition) is 1. The Balaban J connectivity index is 1.56. The van der Waals surface area contributed by atoms with Crippen LogP contribution in [0.5, 0.6) is 0 Å². The summed E-state index contributed by atoms with van der Waals surface area (Å²) in [5, 5.41) is 10.5. The summed E-state index contributed by atoms with van der Waals surface area (Å²) in [6.45, 7) is 1.48. The van der Waals surface area contributed by atoms with Gasteiger partial charge in [-0.3, -0.25) is 9.59 Å². The first kappa shape index (κ1) is 17.8. The van der Waals surface area contributed by atoms with Crippen LogP contribution < -0.4 is 5.32 Å². The number of thioether (sulfide) groups is 1. The molecule has 0 bridgehead atoms. The van der Waals surface area contributed by atoms with Gasteiger partial charge < -0.3 is 9.73 Å². The quantitative estimate of drug-likeness (QED) is 0.524. The van der Waals surface area contributed by atoms with Gasteiger partial charge in [-0.15, -0.1) is 10.2 Å². The number of benzene rings is 2. The van der Waals surface area contributed by atoms with Crippen molar-refractivity contribution in [2.75, 3.05) is 11.1 Å². The van der Waals surface area contributed by atoms with Crippen LogP contribution in [-0.4, -0.2) is 27.6 Å². The Bertz CT molecular complexity index is 941. The lowest BCUT2D eigenvalue weighted by Gasteiger charge is -2.04. The maximum Gasteiger partial charge on any atom is 0.277 e. The molecule has 0 aliphatic carbocycles. The molecule has 0 atom stereocenters. The minimum atomic E-state index is -0.459. The predicted molar refractivity (Wildman–Crippen MR) is 95.5 cm³/mol. The second-order valence-electron chi connectivity index (χ2n) is 5.32. The highest BCUT2D eigenvalue weighted by Crippen LogP contribution is 2.25. The van der Waals surface area contributed by atoms with Gasteiger partial charge in [-0.1, -0.05) is 23.9 Å². The maximum absolute atomic E-state index is 13.7. The van der Waals surface area contributed by atoms with E-state index in [-0.39, 0.29) is 34.1 Å². The summed E-state index contributed by atoms with van der Waals surface area (Å²) in [6, 6.07) is 12.7. The number of rotatable bonds is 6. The summed E-state index contributed by atoms with van der Waals surface area (Å²) in [5.74, 6) is -0.658. The van der Waals surface area contributed by atoms with Crippen LogP contribution in [0.3, 0.4) is 0 Å². The van der Waals surface area contributed by atoms with Crippen LogP contribution in [-0.2, 0) is 4.79 Å². The molecular weight excluding hydrogens is 357 g/mol. The first-order valence-corrected chi connectivity index (χ1v) is 8.63. The Morgan fingerprint density at radius 1 is 1.12 bits per heavy atom. The number of hydrogen-bond acceptors (Lipinski definition) is 6. The number of anilines is 1. The summed E-state index contributed by atoms with van der Waals surface area (Å²) >= 11 is 1.05. The number of aromatic nitrogens is 2. The highest BCUT2D eigenvalue weighted by Gasteiger charge is 2.14. The van der Waals surface area contributed by atoms with E-state index < -0.39 is 5.82 Å². The molecule has 3 rings (SSSR count). The molecule has 0 spiro atoms. The second kappa shape index (κ2) is 7.92. The molecule has 0 aliphatic rings. The van der Waals surface area contributed by atoms with Crippen molar-refractivity contribution in [2.24, 2.45) is 0 Å². The van der Waals surface area contributed by atoms with Gasteiger partial charge in [-0.2, -0.15) is 0 Å². The maximum atomic E-state index is 13.7. The van der Waals surface area contributed by atoms with Crippen LogP contribution >= 0.6 is 11.8 Å². The zero-order valence-electron chi connectivity index (χ0n) is 13.7. The van der Waals surface area contributed by atoms with Crippen molar-refractivity contribution >= 4 is 29.1 Å². The van der Waals surface area contributed by atoms with Gasteiger partial charge in [0.1, 0.15) is 5.82 Å². The van der Waals surface area contributed by atoms with Gasteiger partial charge in [0.25, 0.3) is 11.1 Å². The van der Waals surface area contributed by atoms with Crippen LogP contribution in [0.4, 0.5) is 10.1 Å². The molecule has 0 fully saturated rings. The molecular formula is C18H14FN3O3S. The van der Waals surface area contributed by atoms with Crippen molar-refractivity contribution in [1.29, 1.82) is 0 Å². The van der Waals surface area contributed by atoms with E-state index >= 15 is 0 Å². The van der Waals surface area contributed by atoms with Crippen LogP contribution in [0.1, 0.15) is 17.3 Å². The average Bonchev–Trinajstić information content (AvgIpc) is 3.09. The fraction of sp³-hybridized carbons (Fsp3) is 0.111. The van der Waals surface area contributed by atoms with Crippen LogP contribution in [0.25, 0.3) is 11.5 Å². The van der Waals surface area contributed by atoms with Crippen LogP contribution in [0.15, 0.2) is 58.2 Å². The standard InChI is InChI=1S/C18H14FN3O3S/c1-11(23)12-6-8-13(9-7-12)20-16(24)10-26-18-22-21-17(25-18)14-4-2-3-5-15(14)19/h2-9H,10H2,1H3,(H,20,24). The number of amides is 1. The molecule has 0 radical (unpaired) electrons. The van der Waals surface area contributed by atoms with Gasteiger partial charge in [0.15, 0.2) is 5.78 Å². The number of carbonyl (C=O) groups is 2. The van der Waals surface area contributed by atoms with E-state index in [4.69, 9.17) is 4.42 Å². The summed E-state index contributed by atoms with van der Waals surface area (Å²) in [5.41, 5.74) is 1.36. The van der Waals surface area contributed by atoms with E-state index in [1.54, 1.807) is 36.4 Å². The normalized spacial score (nSPS) is 10.5. The smallest absolute Gasteiger partial charge is 0.277 e. The monoisotopic (exact) mass is 371 g/mol. The van der Waals surface area contributed by atoms with Crippen molar-refractivity contribution in [3.8, 4) is 11.5 Å². The van der Waals surface area contributed by atoms with Gasteiger partial charge in [0, 0.05) is 11.3 Å². The van der Waals surface area contributed by atoms with Crippen LogP contribution in [0, 0.1) is 5.82 Å². The van der Waals surface area contributed by atoms with Crippen molar-refractivity contribution in [3.63, 3.8) is 0 Å². The van der Waals surface area contributed by atoms with E-state index in [0.29, 0.717) is 11.3 Å². The highest BCUT2D eigenvalue weighted by atomic mass is 32.2. The molecule has 0 saturated carbocycles.